The van der Waals surface area contributed by atoms with Gasteiger partial charge in [0.2, 0.25) is 0 Å². The van der Waals surface area contributed by atoms with E-state index in [9.17, 15) is 4.79 Å². The van der Waals surface area contributed by atoms with Crippen molar-refractivity contribution in [2.45, 2.75) is 40.7 Å². The summed E-state index contributed by atoms with van der Waals surface area (Å²) in [6.07, 6.45) is 1.79. The number of carbonyl (C=O) groups excluding carboxylic acids is 1. The van der Waals surface area contributed by atoms with Crippen LogP contribution >= 0.6 is 0 Å². The molecule has 0 radical (unpaired) electrons. The van der Waals surface area contributed by atoms with Crippen molar-refractivity contribution < 1.29 is 4.79 Å². The molecule has 0 aliphatic rings. The summed E-state index contributed by atoms with van der Waals surface area (Å²) in [6.45, 7) is 10.4. The van der Waals surface area contributed by atoms with Crippen molar-refractivity contribution in [3.8, 4) is 33.5 Å². The van der Waals surface area contributed by atoms with Crippen LogP contribution in [0.4, 0.5) is 0 Å². The molecule has 1 amide bonds. The number of rotatable bonds is 6. The number of nitrogens with zero attached hydrogens (tertiary/aromatic N) is 2. The number of hydrogen-bond donors (Lipinski definition) is 1. The van der Waals surface area contributed by atoms with Gasteiger partial charge in [0.05, 0.1) is 22.9 Å². The molecular formula is C34H33N3O. The molecule has 0 unspecified atom stereocenters. The first-order valence-electron chi connectivity index (χ1n) is 13.2. The van der Waals surface area contributed by atoms with Gasteiger partial charge in [-0.25, -0.2) is 4.98 Å². The van der Waals surface area contributed by atoms with Gasteiger partial charge in [0.1, 0.15) is 0 Å². The number of aryl methyl sites for hydroxylation is 2. The molecule has 0 saturated carbocycles. The SMILES string of the molecule is Cc1ccc(-c2ccc(-c3ccc(C)cc3)c3nc(-c4ccccc4C(=O)N[C@@H](C)C(C)C)cnc23)cc1. The van der Waals surface area contributed by atoms with Crippen LogP contribution in [-0.4, -0.2) is 21.9 Å². The maximum absolute atomic E-state index is 13.2. The first kappa shape index (κ1) is 25.3. The Bertz CT molecular complexity index is 1600. The van der Waals surface area contributed by atoms with E-state index in [0.717, 1.165) is 38.9 Å². The molecule has 0 bridgehead atoms. The minimum atomic E-state index is -0.101. The molecule has 4 aromatic carbocycles. The van der Waals surface area contributed by atoms with Crippen LogP contribution in [0.5, 0.6) is 0 Å². The first-order chi connectivity index (χ1) is 18.3. The summed E-state index contributed by atoms with van der Waals surface area (Å²) < 4.78 is 0. The normalized spacial score (nSPS) is 12.1. The fourth-order valence-corrected chi connectivity index (χ4v) is 4.52. The van der Waals surface area contributed by atoms with Gasteiger partial charge in [0.25, 0.3) is 5.91 Å². The summed E-state index contributed by atoms with van der Waals surface area (Å²) in [5.74, 6) is 0.236. The van der Waals surface area contributed by atoms with Crippen LogP contribution in [0, 0.1) is 19.8 Å². The number of nitrogens with one attached hydrogen (secondary N) is 1. The molecule has 1 atom stereocenters. The van der Waals surface area contributed by atoms with Gasteiger partial charge in [0, 0.05) is 28.3 Å². The molecule has 0 saturated heterocycles. The van der Waals surface area contributed by atoms with Gasteiger partial charge in [-0.05, 0) is 43.9 Å². The van der Waals surface area contributed by atoms with Crippen LogP contribution in [0.2, 0.25) is 0 Å². The average Bonchev–Trinajstić information content (AvgIpc) is 2.93. The largest absolute Gasteiger partial charge is 0.349 e. The van der Waals surface area contributed by atoms with Crippen molar-refractivity contribution in [1.82, 2.24) is 15.3 Å². The molecule has 38 heavy (non-hydrogen) atoms. The molecule has 4 nitrogen and oxygen atoms in total. The second-order valence-corrected chi connectivity index (χ2v) is 10.4. The number of fused-ring (bicyclic) bond motifs is 1. The van der Waals surface area contributed by atoms with Gasteiger partial charge in [-0.1, -0.05) is 104 Å². The second kappa shape index (κ2) is 10.6. The highest BCUT2D eigenvalue weighted by Crippen LogP contribution is 2.35. The van der Waals surface area contributed by atoms with Gasteiger partial charge >= 0.3 is 0 Å². The number of hydrogen-bond acceptors (Lipinski definition) is 3. The highest BCUT2D eigenvalue weighted by Gasteiger charge is 2.19. The van der Waals surface area contributed by atoms with Crippen LogP contribution in [0.25, 0.3) is 44.5 Å². The van der Waals surface area contributed by atoms with E-state index in [4.69, 9.17) is 9.97 Å². The number of benzene rings is 4. The van der Waals surface area contributed by atoms with Crippen molar-refractivity contribution >= 4 is 16.9 Å². The minimum Gasteiger partial charge on any atom is -0.349 e. The predicted molar refractivity (Wildman–Crippen MR) is 157 cm³/mol. The Morgan fingerprint density at radius 1 is 0.684 bits per heavy atom. The Labute approximate surface area is 224 Å². The van der Waals surface area contributed by atoms with Gasteiger partial charge in [-0.3, -0.25) is 9.78 Å². The highest BCUT2D eigenvalue weighted by molar-refractivity contribution is 6.03. The molecule has 4 heteroatoms. The van der Waals surface area contributed by atoms with Crippen LogP contribution in [0.15, 0.2) is 91.1 Å². The van der Waals surface area contributed by atoms with Crippen LogP contribution in [0.1, 0.15) is 42.3 Å². The lowest BCUT2D eigenvalue weighted by Gasteiger charge is -2.19. The quantitative estimate of drug-likeness (QED) is 0.257. The van der Waals surface area contributed by atoms with Crippen molar-refractivity contribution in [3.63, 3.8) is 0 Å². The maximum Gasteiger partial charge on any atom is 0.252 e. The summed E-state index contributed by atoms with van der Waals surface area (Å²) in [5, 5.41) is 3.13. The number of aromatic nitrogens is 2. The highest BCUT2D eigenvalue weighted by atomic mass is 16.1. The zero-order valence-corrected chi connectivity index (χ0v) is 22.6. The van der Waals surface area contributed by atoms with Gasteiger partial charge < -0.3 is 5.32 Å². The third-order valence-corrected chi connectivity index (χ3v) is 7.23. The monoisotopic (exact) mass is 499 g/mol. The molecule has 0 aliphatic carbocycles. The lowest BCUT2D eigenvalue weighted by molar-refractivity contribution is 0.0931. The Morgan fingerprint density at radius 2 is 1.24 bits per heavy atom. The number of amides is 1. The Kier molecular flexibility index (Phi) is 7.06. The van der Waals surface area contributed by atoms with Gasteiger partial charge in [-0.2, -0.15) is 0 Å². The molecule has 0 aliphatic heterocycles. The molecule has 1 N–H and O–H groups in total. The molecule has 190 valence electrons. The summed E-state index contributed by atoms with van der Waals surface area (Å²) in [6, 6.07) is 28.9. The van der Waals surface area contributed by atoms with E-state index in [1.54, 1.807) is 6.20 Å². The average molecular weight is 500 g/mol. The van der Waals surface area contributed by atoms with Crippen LogP contribution in [-0.2, 0) is 0 Å². The third kappa shape index (κ3) is 5.08. The zero-order chi connectivity index (χ0) is 26.8. The van der Waals surface area contributed by atoms with E-state index in [-0.39, 0.29) is 11.9 Å². The summed E-state index contributed by atoms with van der Waals surface area (Å²) >= 11 is 0. The van der Waals surface area contributed by atoms with Crippen molar-refractivity contribution in [2.24, 2.45) is 5.92 Å². The van der Waals surface area contributed by atoms with E-state index >= 15 is 0 Å². The van der Waals surface area contributed by atoms with Crippen molar-refractivity contribution in [3.05, 3.63) is 108 Å². The Morgan fingerprint density at radius 3 is 1.82 bits per heavy atom. The van der Waals surface area contributed by atoms with Crippen LogP contribution in [0.3, 0.4) is 0 Å². The second-order valence-electron chi connectivity index (χ2n) is 10.4. The molecule has 1 heterocycles. The van der Waals surface area contributed by atoms with E-state index < -0.39 is 0 Å². The molecule has 5 rings (SSSR count). The lowest BCUT2D eigenvalue weighted by atomic mass is 9.96. The fourth-order valence-electron chi connectivity index (χ4n) is 4.52. The number of carbonyl (C=O) groups is 1. The summed E-state index contributed by atoms with van der Waals surface area (Å²) in [4.78, 5) is 23.4. The van der Waals surface area contributed by atoms with E-state index in [2.05, 4.69) is 93.7 Å². The topological polar surface area (TPSA) is 54.9 Å². The molecule has 5 aromatic rings. The smallest absolute Gasteiger partial charge is 0.252 e. The Hall–Kier alpha value is -4.31. The van der Waals surface area contributed by atoms with Crippen molar-refractivity contribution in [1.29, 1.82) is 0 Å². The summed E-state index contributed by atoms with van der Waals surface area (Å²) in [7, 11) is 0. The maximum atomic E-state index is 13.2. The van der Waals surface area contributed by atoms with Crippen LogP contribution < -0.4 is 5.32 Å². The van der Waals surface area contributed by atoms with E-state index in [1.807, 2.05) is 31.2 Å². The van der Waals surface area contributed by atoms with Crippen molar-refractivity contribution in [2.75, 3.05) is 0 Å². The first-order valence-corrected chi connectivity index (χ1v) is 13.2. The minimum absolute atomic E-state index is 0.0588. The third-order valence-electron chi connectivity index (χ3n) is 7.23. The summed E-state index contributed by atoms with van der Waals surface area (Å²) in [5.41, 5.74) is 10.3. The molecular weight excluding hydrogens is 466 g/mol. The standard InChI is InChI=1S/C34H33N3O/c1-21(2)24(5)36-34(38)30-9-7-6-8-29(30)31-20-35-32-27(25-14-10-22(3)11-15-25)18-19-28(33(32)37-31)26-16-12-23(4)13-17-26/h6-21,24H,1-5H3,(H,36,38)/t24-/m0/s1. The van der Waals surface area contributed by atoms with E-state index in [0.29, 0.717) is 17.2 Å². The molecule has 0 spiro atoms. The van der Waals surface area contributed by atoms with Gasteiger partial charge in [0.15, 0.2) is 0 Å². The Balaban J connectivity index is 1.69. The van der Waals surface area contributed by atoms with E-state index in [1.165, 1.54) is 11.1 Å². The fraction of sp³-hybridized carbons (Fsp3) is 0.206. The predicted octanol–water partition coefficient (Wildman–Crippen LogP) is 8.02. The van der Waals surface area contributed by atoms with Gasteiger partial charge in [-0.15, -0.1) is 0 Å². The molecule has 1 aromatic heterocycles. The lowest BCUT2D eigenvalue weighted by Crippen LogP contribution is -2.36. The molecule has 0 fully saturated rings. The zero-order valence-electron chi connectivity index (χ0n) is 22.6.